The van der Waals surface area contributed by atoms with Crippen LogP contribution in [0.15, 0.2) is 29.3 Å². The zero-order chi connectivity index (χ0) is 16.8. The highest BCUT2D eigenvalue weighted by Gasteiger charge is 2.20. The predicted molar refractivity (Wildman–Crippen MR) is 115 cm³/mol. The van der Waals surface area contributed by atoms with Gasteiger partial charge in [-0.2, -0.15) is 0 Å². The van der Waals surface area contributed by atoms with Crippen molar-refractivity contribution >= 4 is 35.6 Å². The van der Waals surface area contributed by atoms with Crippen molar-refractivity contribution in [2.45, 2.75) is 52.5 Å². The molecule has 0 saturated carbocycles. The molecule has 2 rings (SSSR count). The van der Waals surface area contributed by atoms with Crippen molar-refractivity contribution in [3.05, 3.63) is 29.8 Å². The molecular weight excluding hydrogens is 411 g/mol. The van der Waals surface area contributed by atoms with Crippen molar-refractivity contribution in [3.8, 4) is 0 Å². The second kappa shape index (κ2) is 10.2. The van der Waals surface area contributed by atoms with Gasteiger partial charge in [0.05, 0.1) is 6.54 Å². The van der Waals surface area contributed by atoms with E-state index in [1.807, 2.05) is 6.07 Å². The lowest BCUT2D eigenvalue weighted by molar-refractivity contribution is 0.142. The highest BCUT2D eigenvalue weighted by molar-refractivity contribution is 14.0. The first kappa shape index (κ1) is 21.2. The van der Waals surface area contributed by atoms with Gasteiger partial charge < -0.3 is 11.1 Å². The van der Waals surface area contributed by atoms with Gasteiger partial charge in [-0.3, -0.25) is 9.89 Å². The molecule has 3 N–H and O–H groups in total. The number of aliphatic imine (C=N–C) groups is 1. The van der Waals surface area contributed by atoms with Crippen LogP contribution in [-0.2, 0) is 0 Å². The van der Waals surface area contributed by atoms with Gasteiger partial charge in [0.2, 0.25) is 0 Å². The van der Waals surface area contributed by atoms with Gasteiger partial charge in [-0.15, -0.1) is 24.0 Å². The Balaban J connectivity index is 0.00000288. The van der Waals surface area contributed by atoms with Crippen LogP contribution in [0.1, 0.15) is 52.0 Å². The average molecular weight is 444 g/mol. The molecule has 0 spiro atoms. The normalized spacial score (nSPS) is 20.5. The van der Waals surface area contributed by atoms with Crippen molar-refractivity contribution in [2.75, 3.05) is 25.0 Å². The zero-order valence-corrected chi connectivity index (χ0v) is 17.8. The molecule has 2 unspecified atom stereocenters. The number of hydrogen-bond donors (Lipinski definition) is 2. The lowest BCUT2D eigenvalue weighted by atomic mass is 9.99. The molecule has 1 aliphatic heterocycles. The molecule has 1 heterocycles. The van der Waals surface area contributed by atoms with Crippen molar-refractivity contribution in [1.82, 2.24) is 4.90 Å². The van der Waals surface area contributed by atoms with E-state index in [1.165, 1.54) is 31.5 Å². The number of nitrogens with two attached hydrogens (primary N) is 1. The summed E-state index contributed by atoms with van der Waals surface area (Å²) in [6.45, 7) is 12.1. The molecule has 24 heavy (non-hydrogen) atoms. The molecule has 136 valence electrons. The fraction of sp³-hybridized carbons (Fsp3) is 0.632. The van der Waals surface area contributed by atoms with Crippen LogP contribution in [0.4, 0.5) is 5.69 Å². The molecule has 5 heteroatoms. The first-order valence-corrected chi connectivity index (χ1v) is 8.86. The molecule has 1 fully saturated rings. The van der Waals surface area contributed by atoms with Gasteiger partial charge in [-0.1, -0.05) is 32.9 Å². The number of piperidine rings is 1. The molecule has 4 nitrogen and oxygen atoms in total. The maximum Gasteiger partial charge on any atom is 0.193 e. The average Bonchev–Trinajstić information content (AvgIpc) is 2.53. The van der Waals surface area contributed by atoms with Crippen molar-refractivity contribution in [2.24, 2.45) is 16.6 Å². The van der Waals surface area contributed by atoms with Gasteiger partial charge in [0.25, 0.3) is 0 Å². The van der Waals surface area contributed by atoms with Gasteiger partial charge >= 0.3 is 0 Å². The van der Waals surface area contributed by atoms with E-state index in [0.717, 1.165) is 18.2 Å². The van der Waals surface area contributed by atoms with Gasteiger partial charge in [0, 0.05) is 18.3 Å². The summed E-state index contributed by atoms with van der Waals surface area (Å²) in [5.41, 5.74) is 8.37. The molecule has 0 aliphatic carbocycles. The molecule has 1 aromatic rings. The monoisotopic (exact) mass is 444 g/mol. The number of nitrogens with one attached hydrogen (secondary N) is 1. The quantitative estimate of drug-likeness (QED) is 0.405. The van der Waals surface area contributed by atoms with Crippen LogP contribution in [-0.4, -0.2) is 36.5 Å². The number of halogens is 1. The van der Waals surface area contributed by atoms with Crippen molar-refractivity contribution in [3.63, 3.8) is 0 Å². The maximum absolute atomic E-state index is 6.06. The Labute approximate surface area is 164 Å². The van der Waals surface area contributed by atoms with E-state index >= 15 is 0 Å². The summed E-state index contributed by atoms with van der Waals surface area (Å²) in [5, 5.41) is 3.21. The maximum atomic E-state index is 6.06. The third-order valence-electron chi connectivity index (χ3n) is 4.66. The SMILES string of the molecule is CC1CCCN(C(C)CN=C(N)Nc2cccc(C(C)C)c2)C1.I. The fourth-order valence-electron chi connectivity index (χ4n) is 3.13. The minimum absolute atomic E-state index is 0. The van der Waals surface area contributed by atoms with E-state index in [-0.39, 0.29) is 24.0 Å². The second-order valence-corrected chi connectivity index (χ2v) is 7.22. The summed E-state index contributed by atoms with van der Waals surface area (Å²) in [6.07, 6.45) is 2.65. The van der Waals surface area contributed by atoms with Crippen LogP contribution >= 0.6 is 24.0 Å². The number of benzene rings is 1. The van der Waals surface area contributed by atoms with Crippen LogP contribution in [0.3, 0.4) is 0 Å². The number of anilines is 1. The number of nitrogens with zero attached hydrogens (tertiary/aromatic N) is 2. The van der Waals surface area contributed by atoms with Crippen LogP contribution in [0.25, 0.3) is 0 Å². The standard InChI is InChI=1S/C19H32N4.HI/c1-14(2)17-8-5-9-18(11-17)22-19(20)21-12-16(4)23-10-6-7-15(3)13-23;/h5,8-9,11,14-16H,6-7,10,12-13H2,1-4H3,(H3,20,21,22);1H. The Bertz CT molecular complexity index is 530. The Kier molecular flexibility index (Phi) is 9.05. The van der Waals surface area contributed by atoms with Gasteiger partial charge in [0.15, 0.2) is 5.96 Å². The van der Waals surface area contributed by atoms with E-state index in [1.54, 1.807) is 0 Å². The summed E-state index contributed by atoms with van der Waals surface area (Å²) in [4.78, 5) is 7.07. The molecular formula is C19H33IN4. The van der Waals surface area contributed by atoms with Crippen molar-refractivity contribution in [1.29, 1.82) is 0 Å². The molecule has 0 aromatic heterocycles. The second-order valence-electron chi connectivity index (χ2n) is 7.22. The van der Waals surface area contributed by atoms with E-state index < -0.39 is 0 Å². The third kappa shape index (κ3) is 6.59. The Morgan fingerprint density at radius 2 is 2.12 bits per heavy atom. The Hall–Kier alpha value is -0.820. The van der Waals surface area contributed by atoms with E-state index in [9.17, 15) is 0 Å². The molecule has 0 radical (unpaired) electrons. The minimum Gasteiger partial charge on any atom is -0.370 e. The molecule has 0 bridgehead atoms. The van der Waals surface area contributed by atoms with E-state index in [0.29, 0.717) is 17.9 Å². The summed E-state index contributed by atoms with van der Waals surface area (Å²) in [7, 11) is 0. The number of rotatable bonds is 5. The molecule has 1 aliphatic rings. The Morgan fingerprint density at radius 3 is 2.79 bits per heavy atom. The zero-order valence-electron chi connectivity index (χ0n) is 15.5. The van der Waals surface area contributed by atoms with Gasteiger partial charge in [-0.05, 0) is 55.8 Å². The summed E-state index contributed by atoms with van der Waals surface area (Å²) < 4.78 is 0. The Morgan fingerprint density at radius 1 is 1.38 bits per heavy atom. The lowest BCUT2D eigenvalue weighted by Gasteiger charge is -2.34. The summed E-state index contributed by atoms with van der Waals surface area (Å²) in [5.74, 6) is 1.81. The topological polar surface area (TPSA) is 53.6 Å². The van der Waals surface area contributed by atoms with Gasteiger partial charge in [-0.25, -0.2) is 0 Å². The van der Waals surface area contributed by atoms with E-state index in [4.69, 9.17) is 5.73 Å². The van der Waals surface area contributed by atoms with Crippen LogP contribution in [0, 0.1) is 5.92 Å². The molecule has 0 amide bonds. The van der Waals surface area contributed by atoms with Crippen LogP contribution in [0.2, 0.25) is 0 Å². The number of guanidine groups is 1. The molecule has 1 saturated heterocycles. The first-order chi connectivity index (χ1) is 11.0. The van der Waals surface area contributed by atoms with E-state index in [2.05, 4.69) is 61.1 Å². The van der Waals surface area contributed by atoms with Crippen LogP contribution in [0.5, 0.6) is 0 Å². The fourth-order valence-corrected chi connectivity index (χ4v) is 3.13. The van der Waals surface area contributed by atoms with Crippen LogP contribution < -0.4 is 11.1 Å². The third-order valence-corrected chi connectivity index (χ3v) is 4.66. The number of hydrogen-bond acceptors (Lipinski definition) is 2. The largest absolute Gasteiger partial charge is 0.370 e. The predicted octanol–water partition coefficient (Wildman–Crippen LogP) is 4.28. The number of likely N-dealkylation sites (tertiary alicyclic amines) is 1. The minimum atomic E-state index is 0. The van der Waals surface area contributed by atoms with Crippen molar-refractivity contribution < 1.29 is 0 Å². The molecule has 2 atom stereocenters. The molecule has 1 aromatic carbocycles. The summed E-state index contributed by atoms with van der Waals surface area (Å²) in [6, 6.07) is 8.82. The summed E-state index contributed by atoms with van der Waals surface area (Å²) >= 11 is 0. The van der Waals surface area contributed by atoms with Gasteiger partial charge in [0.1, 0.15) is 0 Å². The smallest absolute Gasteiger partial charge is 0.193 e. The lowest BCUT2D eigenvalue weighted by Crippen LogP contribution is -2.42. The highest BCUT2D eigenvalue weighted by Crippen LogP contribution is 2.19. The first-order valence-electron chi connectivity index (χ1n) is 8.86. The highest BCUT2D eigenvalue weighted by atomic mass is 127.